The van der Waals surface area contributed by atoms with E-state index in [2.05, 4.69) is 0 Å². The predicted molar refractivity (Wildman–Crippen MR) is 81.7 cm³/mol. The average Bonchev–Trinajstić information content (AvgIpc) is 2.44. The van der Waals surface area contributed by atoms with E-state index >= 15 is 0 Å². The summed E-state index contributed by atoms with van der Waals surface area (Å²) in [5.41, 5.74) is -0.539. The maximum atomic E-state index is 12.4. The molecule has 0 aliphatic heterocycles. The number of carbonyl (C=O) groups is 2. The second-order valence-electron chi connectivity index (χ2n) is 5.88. The van der Waals surface area contributed by atoms with Crippen LogP contribution in [0.1, 0.15) is 36.7 Å². The fourth-order valence-electron chi connectivity index (χ4n) is 1.86. The van der Waals surface area contributed by atoms with Gasteiger partial charge < -0.3 is 19.8 Å². The highest BCUT2D eigenvalue weighted by Crippen LogP contribution is 2.20. The molecule has 23 heavy (non-hydrogen) atoms. The van der Waals surface area contributed by atoms with E-state index in [4.69, 9.17) is 15.1 Å². The van der Waals surface area contributed by atoms with Crippen LogP contribution in [-0.4, -0.2) is 52.3 Å². The van der Waals surface area contributed by atoms with Gasteiger partial charge in [-0.2, -0.15) is 5.26 Å². The molecular formula is C16H20N2O5. The Labute approximate surface area is 134 Å². The van der Waals surface area contributed by atoms with Crippen molar-refractivity contribution >= 4 is 11.9 Å². The van der Waals surface area contributed by atoms with Crippen LogP contribution in [0.5, 0.6) is 5.75 Å². The molecular weight excluding hydrogens is 300 g/mol. The van der Waals surface area contributed by atoms with Crippen molar-refractivity contribution in [3.63, 3.8) is 0 Å². The van der Waals surface area contributed by atoms with Crippen molar-refractivity contribution in [1.29, 1.82) is 5.26 Å². The lowest BCUT2D eigenvalue weighted by molar-refractivity contribution is -0.155. The first kappa shape index (κ1) is 18.5. The fraction of sp³-hybridized carbons (Fsp3) is 0.438. The fourth-order valence-corrected chi connectivity index (χ4v) is 1.86. The molecule has 1 aromatic carbocycles. The molecule has 0 fully saturated rings. The lowest BCUT2D eigenvalue weighted by Crippen LogP contribution is -2.40. The Hall–Kier alpha value is -2.59. The van der Waals surface area contributed by atoms with Gasteiger partial charge in [0.25, 0.3) is 5.91 Å². The van der Waals surface area contributed by atoms with E-state index in [0.29, 0.717) is 0 Å². The monoisotopic (exact) mass is 320 g/mol. The molecule has 1 rings (SSSR count). The van der Waals surface area contributed by atoms with Crippen LogP contribution in [0.15, 0.2) is 18.2 Å². The van der Waals surface area contributed by atoms with Crippen molar-refractivity contribution in [2.24, 2.45) is 0 Å². The third-order valence-corrected chi connectivity index (χ3v) is 2.75. The van der Waals surface area contributed by atoms with Gasteiger partial charge in [0.15, 0.2) is 0 Å². The highest BCUT2D eigenvalue weighted by atomic mass is 16.6. The Morgan fingerprint density at radius 2 is 2.00 bits per heavy atom. The minimum Gasteiger partial charge on any atom is -0.507 e. The topological polar surface area (TPSA) is 111 Å². The summed E-state index contributed by atoms with van der Waals surface area (Å²) in [6.07, 6.45) is 0. The van der Waals surface area contributed by atoms with Crippen molar-refractivity contribution in [2.45, 2.75) is 26.4 Å². The number of hydrogen-bond donors (Lipinski definition) is 2. The van der Waals surface area contributed by atoms with Crippen LogP contribution < -0.4 is 0 Å². The molecule has 7 heteroatoms. The molecule has 0 aliphatic carbocycles. The molecule has 0 aliphatic rings. The van der Waals surface area contributed by atoms with Gasteiger partial charge in [-0.05, 0) is 39.0 Å². The molecule has 1 aromatic rings. The first-order valence-corrected chi connectivity index (χ1v) is 7.03. The largest absolute Gasteiger partial charge is 0.507 e. The van der Waals surface area contributed by atoms with Gasteiger partial charge in [0.05, 0.1) is 23.8 Å². The van der Waals surface area contributed by atoms with Gasteiger partial charge in [0.1, 0.15) is 17.9 Å². The van der Waals surface area contributed by atoms with Crippen LogP contribution in [0.2, 0.25) is 0 Å². The number of esters is 1. The first-order chi connectivity index (χ1) is 10.7. The number of aliphatic hydroxyl groups is 1. The van der Waals surface area contributed by atoms with Crippen molar-refractivity contribution in [3.05, 3.63) is 29.3 Å². The number of nitriles is 1. The lowest BCUT2D eigenvalue weighted by atomic mass is 10.1. The summed E-state index contributed by atoms with van der Waals surface area (Å²) in [6.45, 7) is 4.33. The van der Waals surface area contributed by atoms with Gasteiger partial charge >= 0.3 is 5.97 Å². The molecule has 0 radical (unpaired) electrons. The quantitative estimate of drug-likeness (QED) is 0.784. The van der Waals surface area contributed by atoms with E-state index in [-0.39, 0.29) is 36.6 Å². The zero-order valence-electron chi connectivity index (χ0n) is 13.4. The molecule has 0 spiro atoms. The molecule has 0 atom stereocenters. The number of amides is 1. The van der Waals surface area contributed by atoms with Crippen LogP contribution in [0.25, 0.3) is 0 Å². The van der Waals surface area contributed by atoms with Crippen LogP contribution in [0.4, 0.5) is 0 Å². The van der Waals surface area contributed by atoms with E-state index in [1.165, 1.54) is 12.1 Å². The molecule has 0 bridgehead atoms. The SMILES string of the molecule is CC(C)(C)OC(=O)CN(CCO)C(=O)c1ccc(C#N)cc1O. The maximum absolute atomic E-state index is 12.4. The number of nitrogens with zero attached hydrogens (tertiary/aromatic N) is 2. The molecule has 0 saturated heterocycles. The van der Waals surface area contributed by atoms with Gasteiger partial charge in [-0.3, -0.25) is 9.59 Å². The zero-order valence-corrected chi connectivity index (χ0v) is 13.4. The zero-order chi connectivity index (χ0) is 17.6. The predicted octanol–water partition coefficient (Wildman–Crippen LogP) is 1.04. The van der Waals surface area contributed by atoms with Crippen LogP contribution in [0, 0.1) is 11.3 Å². The van der Waals surface area contributed by atoms with E-state index in [1.54, 1.807) is 20.8 Å². The summed E-state index contributed by atoms with van der Waals surface area (Å²) in [5.74, 6) is -1.61. The Morgan fingerprint density at radius 3 is 2.48 bits per heavy atom. The van der Waals surface area contributed by atoms with Crippen LogP contribution >= 0.6 is 0 Å². The van der Waals surface area contributed by atoms with Crippen molar-refractivity contribution in [1.82, 2.24) is 4.90 Å². The van der Waals surface area contributed by atoms with E-state index < -0.39 is 17.5 Å². The van der Waals surface area contributed by atoms with Crippen molar-refractivity contribution < 1.29 is 24.5 Å². The third kappa shape index (κ3) is 5.60. The number of phenolic OH excluding ortho intramolecular Hbond substituents is 1. The maximum Gasteiger partial charge on any atom is 0.326 e. The highest BCUT2D eigenvalue weighted by molar-refractivity contribution is 5.98. The summed E-state index contributed by atoms with van der Waals surface area (Å²) in [6, 6.07) is 5.70. The van der Waals surface area contributed by atoms with Gasteiger partial charge in [0, 0.05) is 6.54 Å². The standard InChI is InChI=1S/C16H20N2O5/c1-16(2,3)23-14(21)10-18(6-7-19)15(22)12-5-4-11(9-17)8-13(12)20/h4-5,8,19-20H,6-7,10H2,1-3H3. The van der Waals surface area contributed by atoms with E-state index in [9.17, 15) is 14.7 Å². The number of aliphatic hydroxyl groups excluding tert-OH is 1. The molecule has 1 amide bonds. The Kier molecular flexibility index (Phi) is 6.10. The summed E-state index contributed by atoms with van der Waals surface area (Å²) in [5, 5.41) is 27.7. The summed E-state index contributed by atoms with van der Waals surface area (Å²) >= 11 is 0. The molecule has 0 unspecified atom stereocenters. The molecule has 0 heterocycles. The molecule has 124 valence electrons. The average molecular weight is 320 g/mol. The second-order valence-corrected chi connectivity index (χ2v) is 5.88. The summed E-state index contributed by atoms with van der Waals surface area (Å²) in [7, 11) is 0. The summed E-state index contributed by atoms with van der Waals surface area (Å²) < 4.78 is 5.15. The number of phenols is 1. The number of rotatable bonds is 5. The van der Waals surface area contributed by atoms with E-state index in [0.717, 1.165) is 11.0 Å². The number of benzene rings is 1. The molecule has 0 saturated carbocycles. The Morgan fingerprint density at radius 1 is 1.35 bits per heavy atom. The highest BCUT2D eigenvalue weighted by Gasteiger charge is 2.24. The lowest BCUT2D eigenvalue weighted by Gasteiger charge is -2.25. The number of carbonyl (C=O) groups excluding carboxylic acids is 2. The van der Waals surface area contributed by atoms with Crippen LogP contribution in [0.3, 0.4) is 0 Å². The van der Waals surface area contributed by atoms with Gasteiger partial charge in [-0.15, -0.1) is 0 Å². The van der Waals surface area contributed by atoms with Crippen molar-refractivity contribution in [2.75, 3.05) is 19.7 Å². The minimum atomic E-state index is -0.693. The van der Waals surface area contributed by atoms with Gasteiger partial charge in [-0.1, -0.05) is 0 Å². The van der Waals surface area contributed by atoms with E-state index in [1.807, 2.05) is 6.07 Å². The normalized spacial score (nSPS) is 10.7. The Balaban J connectivity index is 2.95. The third-order valence-electron chi connectivity index (χ3n) is 2.75. The number of ether oxygens (including phenoxy) is 1. The summed E-state index contributed by atoms with van der Waals surface area (Å²) in [4.78, 5) is 25.4. The molecule has 2 N–H and O–H groups in total. The number of aromatic hydroxyl groups is 1. The smallest absolute Gasteiger partial charge is 0.326 e. The van der Waals surface area contributed by atoms with Gasteiger partial charge in [-0.25, -0.2) is 0 Å². The second kappa shape index (κ2) is 7.61. The van der Waals surface area contributed by atoms with Crippen molar-refractivity contribution in [3.8, 4) is 11.8 Å². The molecule has 7 nitrogen and oxygen atoms in total. The Bertz CT molecular complexity index is 628. The number of hydrogen-bond acceptors (Lipinski definition) is 6. The van der Waals surface area contributed by atoms with Crippen LogP contribution in [-0.2, 0) is 9.53 Å². The first-order valence-electron chi connectivity index (χ1n) is 7.03. The minimum absolute atomic E-state index is 0.0546. The molecule has 0 aromatic heterocycles. The van der Waals surface area contributed by atoms with Gasteiger partial charge in [0.2, 0.25) is 0 Å².